The van der Waals surface area contributed by atoms with Crippen LogP contribution in [0.15, 0.2) is 30.3 Å². The molecule has 1 fully saturated rings. The van der Waals surface area contributed by atoms with Gasteiger partial charge in [0.1, 0.15) is 4.33 Å². The van der Waals surface area contributed by atoms with E-state index in [2.05, 4.69) is 10.6 Å². The fourth-order valence-corrected chi connectivity index (χ4v) is 5.07. The quantitative estimate of drug-likeness (QED) is 0.398. The molecule has 160 valence electrons. The molecule has 0 heterocycles. The predicted octanol–water partition coefficient (Wildman–Crippen LogP) is 6.97. The minimum Gasteiger partial charge on any atom is -0.352 e. The largest absolute Gasteiger partial charge is 0.352 e. The monoisotopic (exact) mass is 526 g/mol. The third-order valence-corrected chi connectivity index (χ3v) is 6.68. The van der Waals surface area contributed by atoms with E-state index in [4.69, 9.17) is 69.6 Å². The first kappa shape index (κ1) is 23.8. The van der Waals surface area contributed by atoms with Crippen LogP contribution in [0.3, 0.4) is 0 Å². The predicted molar refractivity (Wildman–Crippen MR) is 125 cm³/mol. The maximum Gasteiger partial charge on any atom is 0.252 e. The molecule has 4 nitrogen and oxygen atoms in total. The normalized spacial score (nSPS) is 19.3. The highest BCUT2D eigenvalue weighted by Gasteiger charge is 2.67. The second-order valence-electron chi connectivity index (χ2n) is 6.89. The van der Waals surface area contributed by atoms with Crippen molar-refractivity contribution < 1.29 is 9.59 Å². The summed E-state index contributed by atoms with van der Waals surface area (Å²) in [6.45, 7) is 2.42. The van der Waals surface area contributed by atoms with Crippen molar-refractivity contribution in [1.82, 2.24) is 5.32 Å². The molecule has 1 aliphatic rings. The fraction of sp³-hybridized carbons (Fsp3) is 0.300. The number of carbonyl (C=O) groups excluding carboxylic acids is 2. The lowest BCUT2D eigenvalue weighted by Crippen LogP contribution is -2.25. The van der Waals surface area contributed by atoms with E-state index in [-0.39, 0.29) is 27.2 Å². The number of benzene rings is 2. The summed E-state index contributed by atoms with van der Waals surface area (Å²) in [5.74, 6) is -2.09. The van der Waals surface area contributed by atoms with Crippen molar-refractivity contribution in [2.24, 2.45) is 5.92 Å². The molecule has 0 saturated heterocycles. The van der Waals surface area contributed by atoms with Gasteiger partial charge >= 0.3 is 0 Å². The lowest BCUT2D eigenvalue weighted by Gasteiger charge is -2.12. The van der Waals surface area contributed by atoms with Crippen LogP contribution in [0.2, 0.25) is 20.1 Å². The molecule has 2 atom stereocenters. The third-order valence-electron chi connectivity index (χ3n) is 4.67. The molecule has 0 aromatic heterocycles. The Balaban J connectivity index is 1.83. The summed E-state index contributed by atoms with van der Waals surface area (Å²) in [7, 11) is 0. The average Bonchev–Trinajstić information content (AvgIpc) is 3.23. The highest BCUT2D eigenvalue weighted by molar-refractivity contribution is 6.53. The van der Waals surface area contributed by atoms with Crippen LogP contribution >= 0.6 is 69.6 Å². The number of carbonyl (C=O) groups is 2. The first-order valence-electron chi connectivity index (χ1n) is 8.98. The number of anilines is 1. The van der Waals surface area contributed by atoms with Crippen molar-refractivity contribution in [2.45, 2.75) is 23.6 Å². The van der Waals surface area contributed by atoms with Gasteiger partial charge in [0.15, 0.2) is 0 Å². The molecule has 0 aliphatic heterocycles. The number of alkyl halides is 2. The second kappa shape index (κ2) is 9.32. The zero-order valence-corrected chi connectivity index (χ0v) is 20.1. The lowest BCUT2D eigenvalue weighted by molar-refractivity contribution is -0.117. The molecule has 0 radical (unpaired) electrons. The van der Waals surface area contributed by atoms with Gasteiger partial charge in [-0.15, -0.1) is 23.2 Å². The summed E-state index contributed by atoms with van der Waals surface area (Å²) < 4.78 is -1.33. The Kier molecular flexibility index (Phi) is 7.38. The van der Waals surface area contributed by atoms with Gasteiger partial charge in [-0.3, -0.25) is 9.59 Å². The number of halogens is 6. The van der Waals surface area contributed by atoms with Crippen LogP contribution in [-0.4, -0.2) is 22.7 Å². The Morgan fingerprint density at radius 3 is 2.20 bits per heavy atom. The van der Waals surface area contributed by atoms with E-state index >= 15 is 0 Å². The van der Waals surface area contributed by atoms with Gasteiger partial charge in [-0.2, -0.15) is 0 Å². The van der Waals surface area contributed by atoms with Crippen molar-refractivity contribution >= 4 is 87.1 Å². The minimum atomic E-state index is -1.33. The first-order valence-corrected chi connectivity index (χ1v) is 11.2. The molecule has 0 unspecified atom stereocenters. The van der Waals surface area contributed by atoms with Crippen molar-refractivity contribution in [3.63, 3.8) is 0 Å². The maximum absolute atomic E-state index is 12.9. The number of nitrogens with one attached hydrogen (secondary N) is 2. The summed E-state index contributed by atoms with van der Waals surface area (Å²) in [4.78, 5) is 25.2. The van der Waals surface area contributed by atoms with Crippen molar-refractivity contribution in [1.29, 1.82) is 0 Å². The van der Waals surface area contributed by atoms with Gasteiger partial charge in [-0.05, 0) is 42.3 Å². The van der Waals surface area contributed by atoms with Gasteiger partial charge in [-0.1, -0.05) is 53.3 Å². The van der Waals surface area contributed by atoms with Crippen LogP contribution in [-0.2, 0) is 4.79 Å². The smallest absolute Gasteiger partial charge is 0.252 e. The molecule has 0 spiro atoms. The van der Waals surface area contributed by atoms with E-state index in [1.807, 2.05) is 6.92 Å². The zero-order chi connectivity index (χ0) is 22.2. The highest BCUT2D eigenvalue weighted by Crippen LogP contribution is 2.65. The first-order chi connectivity index (χ1) is 14.1. The van der Waals surface area contributed by atoms with Crippen LogP contribution < -0.4 is 10.6 Å². The summed E-state index contributed by atoms with van der Waals surface area (Å²) in [6.07, 6.45) is 0.769. The summed E-state index contributed by atoms with van der Waals surface area (Å²) in [6, 6.07) is 7.72. The number of hydrogen-bond acceptors (Lipinski definition) is 2. The maximum atomic E-state index is 12.9. The molecule has 2 amide bonds. The van der Waals surface area contributed by atoms with Gasteiger partial charge in [0, 0.05) is 22.5 Å². The molecule has 1 saturated carbocycles. The average molecular weight is 529 g/mol. The number of hydrogen-bond donors (Lipinski definition) is 2. The third kappa shape index (κ3) is 4.95. The van der Waals surface area contributed by atoms with Gasteiger partial charge < -0.3 is 10.6 Å². The molecule has 30 heavy (non-hydrogen) atoms. The van der Waals surface area contributed by atoms with Crippen molar-refractivity contribution in [2.75, 3.05) is 11.9 Å². The van der Waals surface area contributed by atoms with E-state index in [0.717, 1.165) is 6.42 Å². The molecular weight excluding hydrogens is 513 g/mol. The number of rotatable bonds is 6. The summed E-state index contributed by atoms with van der Waals surface area (Å²) >= 11 is 37.2. The van der Waals surface area contributed by atoms with Gasteiger partial charge in [0.25, 0.3) is 5.91 Å². The second-order valence-corrected chi connectivity index (χ2v) is 10.0. The van der Waals surface area contributed by atoms with Gasteiger partial charge in [0.2, 0.25) is 5.91 Å². The van der Waals surface area contributed by atoms with Crippen LogP contribution in [0.1, 0.15) is 35.2 Å². The standard InChI is InChI=1S/C20H16Cl6N2O2/c1-2-3-27-18(29)12-7-15(14(24)8-13(12)23)28-19(30)17-16(20(17,25)26)9-4-10(21)6-11(22)5-9/h4-8,16-17H,2-3H2,1H3,(H,27,29)(H,28,30)/t16-,17+/m1/s1. The Labute approximate surface area is 204 Å². The van der Waals surface area contributed by atoms with E-state index in [9.17, 15) is 9.59 Å². The Hall–Kier alpha value is -0.880. The topological polar surface area (TPSA) is 58.2 Å². The van der Waals surface area contributed by atoms with Crippen molar-refractivity contribution in [3.8, 4) is 0 Å². The SMILES string of the molecule is CCCNC(=O)c1cc(NC(=O)[C@@H]2[C@@H](c3cc(Cl)cc(Cl)c3)C2(Cl)Cl)c(Cl)cc1Cl. The Morgan fingerprint density at radius 1 is 0.967 bits per heavy atom. The summed E-state index contributed by atoms with van der Waals surface area (Å²) in [5.41, 5.74) is 1.08. The van der Waals surface area contributed by atoms with E-state index < -0.39 is 22.1 Å². The fourth-order valence-electron chi connectivity index (χ4n) is 3.19. The van der Waals surface area contributed by atoms with E-state index in [1.54, 1.807) is 18.2 Å². The summed E-state index contributed by atoms with van der Waals surface area (Å²) in [5, 5.41) is 6.60. The molecule has 10 heteroatoms. The molecule has 2 aromatic carbocycles. The van der Waals surface area contributed by atoms with Crippen molar-refractivity contribution in [3.05, 3.63) is 61.5 Å². The van der Waals surface area contributed by atoms with E-state index in [1.165, 1.54) is 12.1 Å². The van der Waals surface area contributed by atoms with E-state index in [0.29, 0.717) is 22.2 Å². The van der Waals surface area contributed by atoms with Crippen LogP contribution in [0.25, 0.3) is 0 Å². The molecular formula is C20H16Cl6N2O2. The molecule has 3 rings (SSSR count). The van der Waals surface area contributed by atoms with Gasteiger partial charge in [-0.25, -0.2) is 0 Å². The Bertz CT molecular complexity index is 991. The Morgan fingerprint density at radius 2 is 1.60 bits per heavy atom. The van der Waals surface area contributed by atoms with Crippen LogP contribution in [0.4, 0.5) is 5.69 Å². The lowest BCUT2D eigenvalue weighted by atomic mass is 10.1. The molecule has 2 N–H and O–H groups in total. The highest BCUT2D eigenvalue weighted by atomic mass is 35.5. The van der Waals surface area contributed by atoms with Crippen LogP contribution in [0.5, 0.6) is 0 Å². The minimum absolute atomic E-state index is 0.175. The molecule has 2 aromatic rings. The molecule has 1 aliphatic carbocycles. The van der Waals surface area contributed by atoms with Gasteiger partial charge in [0.05, 0.1) is 27.2 Å². The van der Waals surface area contributed by atoms with Crippen LogP contribution in [0, 0.1) is 5.92 Å². The number of amides is 2. The zero-order valence-electron chi connectivity index (χ0n) is 15.5. The molecule has 0 bridgehead atoms.